The van der Waals surface area contributed by atoms with Crippen molar-refractivity contribution < 1.29 is 33.2 Å². The first kappa shape index (κ1) is 22.0. The molecule has 0 aliphatic rings. The Kier molecular flexibility index (Phi) is 6.66. The summed E-state index contributed by atoms with van der Waals surface area (Å²) in [6.07, 6.45) is -1.65. The molecule has 0 aliphatic heterocycles. The Hall–Kier alpha value is -3.72. The van der Waals surface area contributed by atoms with Crippen LogP contribution in [-0.2, 0) is 15.1 Å². The first-order valence-electron chi connectivity index (χ1n) is 9.19. The Bertz CT molecular complexity index is 968. The highest BCUT2D eigenvalue weighted by atomic mass is 19.1. The number of carboxylic acids is 1. The number of benzene rings is 2. The molecule has 1 aromatic heterocycles. The second-order valence-electron chi connectivity index (χ2n) is 6.35. The molecule has 1 heterocycles. The van der Waals surface area contributed by atoms with E-state index in [9.17, 15) is 14.3 Å². The molecule has 31 heavy (non-hydrogen) atoms. The lowest BCUT2D eigenvalue weighted by molar-refractivity contribution is -0.160. The van der Waals surface area contributed by atoms with Crippen LogP contribution in [0.5, 0.6) is 17.8 Å². The number of rotatable bonds is 9. The molecule has 0 spiro atoms. The summed E-state index contributed by atoms with van der Waals surface area (Å²) in [6.45, 7) is 0. The predicted molar refractivity (Wildman–Crippen MR) is 108 cm³/mol. The van der Waals surface area contributed by atoms with Crippen LogP contribution in [0.3, 0.4) is 0 Å². The fourth-order valence-corrected chi connectivity index (χ4v) is 3.31. The van der Waals surface area contributed by atoms with Crippen molar-refractivity contribution >= 4 is 5.97 Å². The van der Waals surface area contributed by atoms with E-state index >= 15 is 0 Å². The molecular formula is C22H21FN2O6. The van der Waals surface area contributed by atoms with Crippen molar-refractivity contribution in [1.29, 1.82) is 0 Å². The highest BCUT2D eigenvalue weighted by Gasteiger charge is 2.49. The van der Waals surface area contributed by atoms with Crippen LogP contribution in [0.2, 0.25) is 0 Å². The predicted octanol–water partition coefficient (Wildman–Crippen LogP) is 3.06. The molecule has 0 saturated carbocycles. The van der Waals surface area contributed by atoms with E-state index < -0.39 is 41.3 Å². The number of halogens is 1. The lowest BCUT2D eigenvalue weighted by Gasteiger charge is -2.37. The molecule has 0 amide bonds. The van der Waals surface area contributed by atoms with E-state index in [0.29, 0.717) is 11.1 Å². The Morgan fingerprint density at radius 2 is 1.35 bits per heavy atom. The van der Waals surface area contributed by atoms with Gasteiger partial charge in [-0.2, -0.15) is 14.4 Å². The number of hydrogen-bond donors (Lipinski definition) is 1. The maximum atomic E-state index is 14.2. The van der Waals surface area contributed by atoms with Crippen molar-refractivity contribution in [2.75, 3.05) is 21.3 Å². The quantitative estimate of drug-likeness (QED) is 0.555. The molecule has 0 unspecified atom stereocenters. The van der Waals surface area contributed by atoms with Crippen molar-refractivity contribution in [3.8, 4) is 17.8 Å². The summed E-state index contributed by atoms with van der Waals surface area (Å²) in [5.74, 6) is -3.18. The molecule has 0 bridgehead atoms. The number of aromatic nitrogens is 2. The zero-order valence-electron chi connectivity index (χ0n) is 17.1. The number of ether oxygens (including phenoxy) is 4. The van der Waals surface area contributed by atoms with Crippen LogP contribution < -0.4 is 14.2 Å². The van der Waals surface area contributed by atoms with Crippen LogP contribution in [0, 0.1) is 5.82 Å². The molecule has 3 aromatic rings. The third kappa shape index (κ3) is 4.13. The van der Waals surface area contributed by atoms with Gasteiger partial charge in [-0.05, 0) is 11.1 Å². The van der Waals surface area contributed by atoms with Gasteiger partial charge in [0.2, 0.25) is 11.9 Å². The van der Waals surface area contributed by atoms with Crippen molar-refractivity contribution in [3.05, 3.63) is 77.6 Å². The van der Waals surface area contributed by atoms with Crippen LogP contribution in [0.25, 0.3) is 0 Å². The van der Waals surface area contributed by atoms with Crippen molar-refractivity contribution in [1.82, 2.24) is 9.97 Å². The highest BCUT2D eigenvalue weighted by Crippen LogP contribution is 2.39. The number of aliphatic carboxylic acids is 1. The highest BCUT2D eigenvalue weighted by molar-refractivity contribution is 5.76. The summed E-state index contributed by atoms with van der Waals surface area (Å²) < 4.78 is 35.5. The summed E-state index contributed by atoms with van der Waals surface area (Å²) in [5.41, 5.74) is -0.527. The fourth-order valence-electron chi connectivity index (χ4n) is 3.31. The third-order valence-corrected chi connectivity index (χ3v) is 4.70. The van der Waals surface area contributed by atoms with Crippen LogP contribution in [-0.4, -0.2) is 48.5 Å². The molecule has 0 aliphatic carbocycles. The number of carboxylic acid groups (broad SMARTS) is 1. The van der Waals surface area contributed by atoms with Gasteiger partial charge in [0.15, 0.2) is 5.60 Å². The summed E-state index contributed by atoms with van der Waals surface area (Å²) in [7, 11) is 3.79. The number of carbonyl (C=O) groups is 1. The second-order valence-corrected chi connectivity index (χ2v) is 6.35. The number of hydrogen-bond acceptors (Lipinski definition) is 7. The molecule has 0 saturated heterocycles. The van der Waals surface area contributed by atoms with Crippen molar-refractivity contribution in [2.45, 2.75) is 11.7 Å². The summed E-state index contributed by atoms with van der Waals surface area (Å²) in [6, 6.07) is 17.1. The Labute approximate surface area is 178 Å². The minimum absolute atomic E-state index is 0.448. The molecule has 3 rings (SSSR count). The molecule has 162 valence electrons. The summed E-state index contributed by atoms with van der Waals surface area (Å²) in [5, 5.41) is 10.1. The van der Waals surface area contributed by atoms with Gasteiger partial charge in [-0.15, -0.1) is 0 Å². The van der Waals surface area contributed by atoms with Gasteiger partial charge in [0.1, 0.15) is 0 Å². The molecule has 8 nitrogen and oxygen atoms in total. The molecule has 1 N–H and O–H groups in total. The minimum Gasteiger partial charge on any atom is -0.479 e. The zero-order valence-corrected chi connectivity index (χ0v) is 17.1. The molecule has 0 fully saturated rings. The van der Waals surface area contributed by atoms with Gasteiger partial charge in [0, 0.05) is 7.11 Å². The average molecular weight is 428 g/mol. The van der Waals surface area contributed by atoms with Gasteiger partial charge in [-0.3, -0.25) is 0 Å². The standard InChI is InChI=1S/C22H21FN2O6/c1-28-18-16(23)19(29-2)25-21(24-18)31-17(20(26)27)22(30-3,14-10-6-4-7-11-14)15-12-8-5-9-13-15/h4-13,17H,1-3H3,(H,26,27)/t17-/m1/s1. The van der Waals surface area contributed by atoms with E-state index in [2.05, 4.69) is 9.97 Å². The van der Waals surface area contributed by atoms with Crippen LogP contribution in [0.4, 0.5) is 4.39 Å². The molecule has 9 heteroatoms. The fraction of sp³-hybridized carbons (Fsp3) is 0.227. The van der Waals surface area contributed by atoms with Gasteiger partial charge in [0.05, 0.1) is 14.2 Å². The van der Waals surface area contributed by atoms with Gasteiger partial charge >= 0.3 is 12.0 Å². The minimum atomic E-state index is -1.65. The Morgan fingerprint density at radius 3 is 1.71 bits per heavy atom. The van der Waals surface area contributed by atoms with E-state index in [4.69, 9.17) is 18.9 Å². The average Bonchev–Trinajstić information content (AvgIpc) is 2.81. The molecule has 1 atom stereocenters. The summed E-state index contributed by atoms with van der Waals surface area (Å²) >= 11 is 0. The summed E-state index contributed by atoms with van der Waals surface area (Å²) in [4.78, 5) is 20.1. The monoisotopic (exact) mass is 428 g/mol. The first-order valence-corrected chi connectivity index (χ1v) is 9.19. The maximum Gasteiger partial charge on any atom is 0.348 e. The third-order valence-electron chi connectivity index (χ3n) is 4.70. The van der Waals surface area contributed by atoms with E-state index in [1.165, 1.54) is 21.3 Å². The Balaban J connectivity index is 2.20. The lowest BCUT2D eigenvalue weighted by Crippen LogP contribution is -2.50. The van der Waals surface area contributed by atoms with Gasteiger partial charge in [0.25, 0.3) is 11.8 Å². The smallest absolute Gasteiger partial charge is 0.348 e. The van der Waals surface area contributed by atoms with E-state index in [-0.39, 0.29) is 0 Å². The van der Waals surface area contributed by atoms with Crippen LogP contribution in [0.15, 0.2) is 60.7 Å². The van der Waals surface area contributed by atoms with E-state index in [1.807, 2.05) is 0 Å². The topological polar surface area (TPSA) is 100 Å². The van der Waals surface area contributed by atoms with E-state index in [1.54, 1.807) is 60.7 Å². The first-order chi connectivity index (χ1) is 15.0. The normalized spacial score (nSPS) is 12.1. The maximum absolute atomic E-state index is 14.2. The lowest BCUT2D eigenvalue weighted by atomic mass is 9.81. The van der Waals surface area contributed by atoms with Gasteiger partial charge in [-0.25, -0.2) is 4.79 Å². The van der Waals surface area contributed by atoms with Crippen LogP contribution >= 0.6 is 0 Å². The second kappa shape index (κ2) is 9.40. The number of methoxy groups -OCH3 is 3. The molecular weight excluding hydrogens is 407 g/mol. The van der Waals surface area contributed by atoms with Gasteiger partial charge in [-0.1, -0.05) is 60.7 Å². The largest absolute Gasteiger partial charge is 0.479 e. The van der Waals surface area contributed by atoms with Crippen molar-refractivity contribution in [3.63, 3.8) is 0 Å². The van der Waals surface area contributed by atoms with Crippen molar-refractivity contribution in [2.24, 2.45) is 0 Å². The van der Waals surface area contributed by atoms with Gasteiger partial charge < -0.3 is 24.1 Å². The molecule has 0 radical (unpaired) electrons. The molecule has 2 aromatic carbocycles. The van der Waals surface area contributed by atoms with E-state index in [0.717, 1.165) is 0 Å². The number of nitrogens with zero attached hydrogens (tertiary/aromatic N) is 2. The SMILES string of the molecule is COc1nc(O[C@H](C(=O)O)C(OC)(c2ccccc2)c2ccccc2)nc(OC)c1F. The van der Waals surface area contributed by atoms with Crippen LogP contribution in [0.1, 0.15) is 11.1 Å². The Morgan fingerprint density at radius 1 is 0.903 bits per heavy atom. The zero-order chi connectivity index (χ0) is 22.4.